The molecular formula is C26H23FN2O3. The zero-order valence-electron chi connectivity index (χ0n) is 17.9. The molecular weight excluding hydrogens is 407 g/mol. The highest BCUT2D eigenvalue weighted by atomic mass is 19.1. The summed E-state index contributed by atoms with van der Waals surface area (Å²) < 4.78 is 24.6. The monoisotopic (exact) mass is 430 g/mol. The molecule has 0 saturated carbocycles. The van der Waals surface area contributed by atoms with Crippen molar-refractivity contribution in [2.24, 2.45) is 0 Å². The van der Waals surface area contributed by atoms with E-state index in [0.717, 1.165) is 33.5 Å². The Kier molecular flexibility index (Phi) is 5.05. The maximum absolute atomic E-state index is 13.7. The Labute approximate surface area is 185 Å². The number of hydrogen-bond donors (Lipinski definition) is 1. The van der Waals surface area contributed by atoms with Crippen molar-refractivity contribution in [3.05, 3.63) is 94.9 Å². The van der Waals surface area contributed by atoms with Gasteiger partial charge in [0.2, 0.25) is 0 Å². The van der Waals surface area contributed by atoms with Crippen molar-refractivity contribution >= 4 is 16.8 Å². The van der Waals surface area contributed by atoms with Gasteiger partial charge >= 0.3 is 0 Å². The largest absolute Gasteiger partial charge is 0.497 e. The van der Waals surface area contributed by atoms with Crippen molar-refractivity contribution < 1.29 is 18.7 Å². The Balaban J connectivity index is 1.67. The van der Waals surface area contributed by atoms with Crippen LogP contribution >= 0.6 is 0 Å². The van der Waals surface area contributed by atoms with E-state index in [-0.39, 0.29) is 17.8 Å². The number of nitrogens with zero attached hydrogens (tertiary/aromatic N) is 1. The normalized spacial score (nSPS) is 15.5. The summed E-state index contributed by atoms with van der Waals surface area (Å²) in [6.45, 7) is 0.524. The van der Waals surface area contributed by atoms with Gasteiger partial charge in [0.15, 0.2) is 0 Å². The molecule has 0 aliphatic carbocycles. The first kappa shape index (κ1) is 20.1. The second-order valence-electron chi connectivity index (χ2n) is 7.83. The van der Waals surface area contributed by atoms with Crippen molar-refractivity contribution in [1.82, 2.24) is 9.88 Å². The van der Waals surface area contributed by atoms with E-state index in [1.54, 1.807) is 38.5 Å². The molecule has 5 nitrogen and oxygen atoms in total. The second-order valence-corrected chi connectivity index (χ2v) is 7.83. The smallest absolute Gasteiger partial charge is 0.258 e. The maximum Gasteiger partial charge on any atom is 0.258 e. The summed E-state index contributed by atoms with van der Waals surface area (Å²) in [6.07, 6.45) is 0.696. The third kappa shape index (κ3) is 3.28. The lowest BCUT2D eigenvalue weighted by Crippen LogP contribution is -2.40. The summed E-state index contributed by atoms with van der Waals surface area (Å²) in [4.78, 5) is 19.0. The molecule has 32 heavy (non-hydrogen) atoms. The summed E-state index contributed by atoms with van der Waals surface area (Å²) in [6, 6.07) is 19.1. The van der Waals surface area contributed by atoms with Gasteiger partial charge in [0.1, 0.15) is 17.3 Å². The van der Waals surface area contributed by atoms with Crippen LogP contribution in [0.5, 0.6) is 11.5 Å². The van der Waals surface area contributed by atoms with Crippen molar-refractivity contribution in [3.8, 4) is 11.5 Å². The number of carbonyl (C=O) groups excluding carboxylic acids is 1. The van der Waals surface area contributed by atoms with Crippen LogP contribution in [0.15, 0.2) is 66.7 Å². The quantitative estimate of drug-likeness (QED) is 0.489. The Bertz CT molecular complexity index is 1300. The molecule has 2 heterocycles. The fourth-order valence-electron chi connectivity index (χ4n) is 4.58. The number of halogens is 1. The number of ether oxygens (including phenoxy) is 2. The van der Waals surface area contributed by atoms with Gasteiger partial charge in [-0.2, -0.15) is 0 Å². The number of benzene rings is 3. The predicted molar refractivity (Wildman–Crippen MR) is 121 cm³/mol. The van der Waals surface area contributed by atoms with Gasteiger partial charge in [0, 0.05) is 23.1 Å². The molecule has 1 unspecified atom stereocenters. The summed E-state index contributed by atoms with van der Waals surface area (Å²) in [5, 5.41) is 1.08. The summed E-state index contributed by atoms with van der Waals surface area (Å²) in [5.41, 5.74) is 4.42. The van der Waals surface area contributed by atoms with Crippen LogP contribution in [0.2, 0.25) is 0 Å². The summed E-state index contributed by atoms with van der Waals surface area (Å²) >= 11 is 0. The Morgan fingerprint density at radius 2 is 1.81 bits per heavy atom. The van der Waals surface area contributed by atoms with Gasteiger partial charge in [0.05, 0.1) is 25.8 Å². The second kappa shape index (κ2) is 8.04. The molecule has 0 fully saturated rings. The molecule has 0 radical (unpaired) electrons. The predicted octanol–water partition coefficient (Wildman–Crippen LogP) is 5.11. The SMILES string of the molecule is COc1ccc2[nH]c3c(c2c1)CCN(C(=O)c1ccccc1OC)C3c1ccc(F)cc1. The minimum absolute atomic E-state index is 0.126. The number of amides is 1. The van der Waals surface area contributed by atoms with Crippen molar-refractivity contribution in [3.63, 3.8) is 0 Å². The number of hydrogen-bond acceptors (Lipinski definition) is 3. The van der Waals surface area contributed by atoms with Crippen LogP contribution < -0.4 is 9.47 Å². The number of rotatable bonds is 4. The van der Waals surface area contributed by atoms with Gasteiger partial charge in [-0.3, -0.25) is 4.79 Å². The molecule has 1 aliphatic heterocycles. The first-order valence-corrected chi connectivity index (χ1v) is 10.5. The molecule has 1 aromatic heterocycles. The van der Waals surface area contributed by atoms with Gasteiger partial charge in [-0.1, -0.05) is 24.3 Å². The highest BCUT2D eigenvalue weighted by molar-refractivity contribution is 5.98. The number of aromatic nitrogens is 1. The molecule has 0 bridgehead atoms. The minimum Gasteiger partial charge on any atom is -0.497 e. The van der Waals surface area contributed by atoms with Crippen LogP contribution in [-0.2, 0) is 6.42 Å². The molecule has 1 N–H and O–H groups in total. The first-order chi connectivity index (χ1) is 15.6. The van der Waals surface area contributed by atoms with Gasteiger partial charge in [-0.25, -0.2) is 4.39 Å². The third-order valence-corrected chi connectivity index (χ3v) is 6.12. The standard InChI is InChI=1S/C26H23FN2O3/c1-31-18-11-12-22-21(15-18)19-13-14-29(26(30)20-5-3-4-6-23(20)32-2)25(24(19)28-22)16-7-9-17(27)10-8-16/h3-12,15,25,28H,13-14H2,1-2H3. The molecule has 1 atom stereocenters. The van der Waals surface area contributed by atoms with Gasteiger partial charge in [-0.05, 0) is 60.0 Å². The van der Waals surface area contributed by atoms with Gasteiger partial charge < -0.3 is 19.4 Å². The Morgan fingerprint density at radius 3 is 2.56 bits per heavy atom. The van der Waals surface area contributed by atoms with E-state index in [0.29, 0.717) is 24.3 Å². The number of para-hydroxylation sites is 1. The fourth-order valence-corrected chi connectivity index (χ4v) is 4.58. The molecule has 1 amide bonds. The van der Waals surface area contributed by atoms with Crippen molar-refractivity contribution in [2.75, 3.05) is 20.8 Å². The Hall–Kier alpha value is -3.80. The molecule has 5 rings (SSSR count). The number of fused-ring (bicyclic) bond motifs is 3. The van der Waals surface area contributed by atoms with E-state index >= 15 is 0 Å². The zero-order valence-corrected chi connectivity index (χ0v) is 17.9. The van der Waals surface area contributed by atoms with E-state index in [9.17, 15) is 9.18 Å². The highest BCUT2D eigenvalue weighted by Crippen LogP contribution is 2.40. The van der Waals surface area contributed by atoms with Crippen LogP contribution in [0.25, 0.3) is 10.9 Å². The van der Waals surface area contributed by atoms with E-state index < -0.39 is 0 Å². The van der Waals surface area contributed by atoms with Gasteiger partial charge in [0.25, 0.3) is 5.91 Å². The fraction of sp³-hybridized carbons (Fsp3) is 0.192. The summed E-state index contributed by atoms with van der Waals surface area (Å²) in [7, 11) is 3.21. The lowest BCUT2D eigenvalue weighted by atomic mass is 9.91. The van der Waals surface area contributed by atoms with E-state index in [1.807, 2.05) is 35.2 Å². The van der Waals surface area contributed by atoms with Crippen molar-refractivity contribution in [2.45, 2.75) is 12.5 Å². The van der Waals surface area contributed by atoms with Crippen LogP contribution in [0.3, 0.4) is 0 Å². The van der Waals surface area contributed by atoms with Crippen molar-refractivity contribution in [1.29, 1.82) is 0 Å². The molecule has 3 aromatic carbocycles. The molecule has 6 heteroatoms. The molecule has 0 saturated heterocycles. The minimum atomic E-state index is -0.379. The summed E-state index contributed by atoms with van der Waals surface area (Å²) in [5.74, 6) is 0.875. The van der Waals surface area contributed by atoms with Gasteiger partial charge in [-0.15, -0.1) is 0 Å². The van der Waals surface area contributed by atoms with Crippen LogP contribution in [0.4, 0.5) is 4.39 Å². The average molecular weight is 430 g/mol. The lowest BCUT2D eigenvalue weighted by molar-refractivity contribution is 0.0688. The van der Waals surface area contributed by atoms with Crippen LogP contribution in [0.1, 0.15) is 33.2 Å². The molecule has 162 valence electrons. The number of carbonyl (C=O) groups is 1. The topological polar surface area (TPSA) is 54.6 Å². The van der Waals surface area contributed by atoms with E-state index in [2.05, 4.69) is 4.98 Å². The highest BCUT2D eigenvalue weighted by Gasteiger charge is 2.35. The average Bonchev–Trinajstić information content (AvgIpc) is 3.21. The maximum atomic E-state index is 13.7. The molecule has 4 aromatic rings. The number of aromatic amines is 1. The van der Waals surface area contributed by atoms with E-state index in [4.69, 9.17) is 9.47 Å². The Morgan fingerprint density at radius 1 is 1.03 bits per heavy atom. The molecule has 1 aliphatic rings. The first-order valence-electron chi connectivity index (χ1n) is 10.5. The number of methoxy groups -OCH3 is 2. The zero-order chi connectivity index (χ0) is 22.2. The van der Waals surface area contributed by atoms with E-state index in [1.165, 1.54) is 12.1 Å². The number of nitrogens with one attached hydrogen (secondary N) is 1. The number of H-pyrrole nitrogens is 1. The third-order valence-electron chi connectivity index (χ3n) is 6.12. The lowest BCUT2D eigenvalue weighted by Gasteiger charge is -2.36. The van der Waals surface area contributed by atoms with Crippen LogP contribution in [-0.4, -0.2) is 36.6 Å². The molecule has 0 spiro atoms. The van der Waals surface area contributed by atoms with Crippen LogP contribution in [0, 0.1) is 5.82 Å².